The van der Waals surface area contributed by atoms with E-state index in [0.29, 0.717) is 5.76 Å². The number of hydrogen-bond acceptors (Lipinski definition) is 1. The molecule has 0 aromatic carbocycles. The maximum Gasteiger partial charge on any atom is 0.119 e. The average molecular weight is 136 g/mol. The van der Waals surface area contributed by atoms with Gasteiger partial charge < -0.3 is 5.11 Å². The van der Waals surface area contributed by atoms with Gasteiger partial charge in [-0.2, -0.15) is 0 Å². The molecule has 0 aliphatic heterocycles. The monoisotopic (exact) mass is 136 g/mol. The van der Waals surface area contributed by atoms with Crippen LogP contribution in [0.2, 0.25) is 0 Å². The Bertz CT molecular complexity index is 215. The van der Waals surface area contributed by atoms with Gasteiger partial charge in [0.05, 0.1) is 0 Å². The van der Waals surface area contributed by atoms with E-state index in [0.717, 1.165) is 12.0 Å². The van der Waals surface area contributed by atoms with E-state index in [1.165, 1.54) is 5.57 Å². The fraction of sp³-hybridized carbons (Fsp3) is 0.333. The maximum atomic E-state index is 9.29. The molecule has 0 saturated heterocycles. The van der Waals surface area contributed by atoms with Crippen molar-refractivity contribution in [3.63, 3.8) is 0 Å². The van der Waals surface area contributed by atoms with E-state index in [4.69, 9.17) is 0 Å². The van der Waals surface area contributed by atoms with Crippen LogP contribution in [0.1, 0.15) is 20.3 Å². The highest BCUT2D eigenvalue weighted by molar-refractivity contribution is 5.36. The minimum Gasteiger partial charge on any atom is -0.508 e. The van der Waals surface area contributed by atoms with Crippen molar-refractivity contribution >= 4 is 0 Å². The third kappa shape index (κ3) is 1.29. The second kappa shape index (κ2) is 2.74. The molecule has 0 aromatic rings. The fourth-order valence-corrected chi connectivity index (χ4v) is 1.01. The molecule has 0 saturated carbocycles. The molecule has 54 valence electrons. The smallest absolute Gasteiger partial charge is 0.119 e. The molecule has 0 radical (unpaired) electrons. The van der Waals surface area contributed by atoms with Gasteiger partial charge >= 0.3 is 0 Å². The SMILES string of the molecule is CC(C)=C1CC=CC=C1O. The molecule has 1 heteroatoms. The highest BCUT2D eigenvalue weighted by Crippen LogP contribution is 2.20. The molecule has 0 aromatic heterocycles. The Balaban J connectivity index is 2.94. The molecule has 0 heterocycles. The molecular weight excluding hydrogens is 124 g/mol. The van der Waals surface area contributed by atoms with Crippen molar-refractivity contribution in [1.82, 2.24) is 0 Å². The molecule has 1 aliphatic carbocycles. The van der Waals surface area contributed by atoms with E-state index in [1.54, 1.807) is 6.08 Å². The minimum absolute atomic E-state index is 0.419. The quantitative estimate of drug-likeness (QED) is 0.543. The van der Waals surface area contributed by atoms with Crippen molar-refractivity contribution in [2.24, 2.45) is 0 Å². The van der Waals surface area contributed by atoms with Crippen molar-refractivity contribution in [3.05, 3.63) is 35.1 Å². The molecule has 0 unspecified atom stereocenters. The second-order valence-electron chi connectivity index (χ2n) is 2.66. The molecule has 1 nitrogen and oxygen atoms in total. The molecule has 0 spiro atoms. The van der Waals surface area contributed by atoms with Crippen LogP contribution in [0.5, 0.6) is 0 Å². The van der Waals surface area contributed by atoms with Crippen LogP contribution in [0.25, 0.3) is 0 Å². The van der Waals surface area contributed by atoms with Gasteiger partial charge in [0.25, 0.3) is 0 Å². The van der Waals surface area contributed by atoms with Crippen LogP contribution in [0.15, 0.2) is 35.1 Å². The van der Waals surface area contributed by atoms with Gasteiger partial charge in [0, 0.05) is 0 Å². The Morgan fingerprint density at radius 2 is 2.20 bits per heavy atom. The van der Waals surface area contributed by atoms with Crippen molar-refractivity contribution in [1.29, 1.82) is 0 Å². The molecule has 10 heavy (non-hydrogen) atoms. The Morgan fingerprint density at radius 1 is 1.50 bits per heavy atom. The van der Waals surface area contributed by atoms with E-state index in [-0.39, 0.29) is 0 Å². The topological polar surface area (TPSA) is 20.2 Å². The van der Waals surface area contributed by atoms with E-state index in [1.807, 2.05) is 26.0 Å². The van der Waals surface area contributed by atoms with E-state index >= 15 is 0 Å². The summed E-state index contributed by atoms with van der Waals surface area (Å²) in [5, 5.41) is 9.29. The van der Waals surface area contributed by atoms with Crippen LogP contribution in [-0.4, -0.2) is 5.11 Å². The maximum absolute atomic E-state index is 9.29. The number of aliphatic hydroxyl groups is 1. The lowest BCUT2D eigenvalue weighted by molar-refractivity contribution is 0.419. The average Bonchev–Trinajstić information content (AvgIpc) is 1.88. The zero-order valence-corrected chi connectivity index (χ0v) is 6.39. The standard InChI is InChI=1S/C9H12O/c1-7(2)8-5-3-4-6-9(8)10/h3-4,6,10H,5H2,1-2H3. The van der Waals surface area contributed by atoms with Crippen LogP contribution in [0.4, 0.5) is 0 Å². The zero-order chi connectivity index (χ0) is 7.56. The summed E-state index contributed by atoms with van der Waals surface area (Å²) < 4.78 is 0. The largest absolute Gasteiger partial charge is 0.508 e. The molecule has 0 fully saturated rings. The van der Waals surface area contributed by atoms with Crippen molar-refractivity contribution < 1.29 is 5.11 Å². The molecule has 0 amide bonds. The Kier molecular flexibility index (Phi) is 1.95. The fourth-order valence-electron chi connectivity index (χ4n) is 1.01. The number of hydrogen-bond donors (Lipinski definition) is 1. The summed E-state index contributed by atoms with van der Waals surface area (Å²) in [6, 6.07) is 0. The summed E-state index contributed by atoms with van der Waals surface area (Å²) in [7, 11) is 0. The van der Waals surface area contributed by atoms with Crippen LogP contribution < -0.4 is 0 Å². The number of rotatable bonds is 0. The molecule has 0 bridgehead atoms. The summed E-state index contributed by atoms with van der Waals surface area (Å²) in [5.74, 6) is 0.419. The first-order valence-electron chi connectivity index (χ1n) is 3.44. The van der Waals surface area contributed by atoms with Gasteiger partial charge in [0.15, 0.2) is 0 Å². The first kappa shape index (κ1) is 7.13. The lowest BCUT2D eigenvalue weighted by atomic mass is 10.0. The normalized spacial score (nSPS) is 17.0. The molecule has 0 atom stereocenters. The molecule has 1 N–H and O–H groups in total. The first-order valence-corrected chi connectivity index (χ1v) is 3.44. The van der Waals surface area contributed by atoms with Crippen LogP contribution >= 0.6 is 0 Å². The predicted molar refractivity (Wildman–Crippen MR) is 42.8 cm³/mol. The third-order valence-electron chi connectivity index (χ3n) is 1.62. The van der Waals surface area contributed by atoms with Gasteiger partial charge in [-0.25, -0.2) is 0 Å². The van der Waals surface area contributed by atoms with Gasteiger partial charge in [-0.05, 0) is 31.9 Å². The minimum atomic E-state index is 0.419. The van der Waals surface area contributed by atoms with Gasteiger partial charge in [-0.15, -0.1) is 0 Å². The van der Waals surface area contributed by atoms with Crippen molar-refractivity contribution in [2.45, 2.75) is 20.3 Å². The molecule has 1 aliphatic rings. The van der Waals surface area contributed by atoms with Gasteiger partial charge in [-0.3, -0.25) is 0 Å². The second-order valence-corrected chi connectivity index (χ2v) is 2.66. The molecular formula is C9H12O. The highest BCUT2D eigenvalue weighted by atomic mass is 16.3. The van der Waals surface area contributed by atoms with E-state index in [9.17, 15) is 5.11 Å². The summed E-state index contributed by atoms with van der Waals surface area (Å²) in [5.41, 5.74) is 2.25. The molecule has 1 rings (SSSR count). The van der Waals surface area contributed by atoms with Gasteiger partial charge in [0.1, 0.15) is 5.76 Å². The third-order valence-corrected chi connectivity index (χ3v) is 1.62. The van der Waals surface area contributed by atoms with Gasteiger partial charge in [0.2, 0.25) is 0 Å². The first-order chi connectivity index (χ1) is 4.72. The lowest BCUT2D eigenvalue weighted by Gasteiger charge is -2.08. The summed E-state index contributed by atoms with van der Waals surface area (Å²) in [4.78, 5) is 0. The van der Waals surface area contributed by atoms with Crippen LogP contribution in [0.3, 0.4) is 0 Å². The predicted octanol–water partition coefficient (Wildman–Crippen LogP) is 2.72. The summed E-state index contributed by atoms with van der Waals surface area (Å²) in [6.45, 7) is 4.02. The van der Waals surface area contributed by atoms with Gasteiger partial charge in [-0.1, -0.05) is 17.7 Å². The number of aliphatic hydroxyl groups excluding tert-OH is 1. The van der Waals surface area contributed by atoms with Crippen LogP contribution in [-0.2, 0) is 0 Å². The van der Waals surface area contributed by atoms with Crippen LogP contribution in [0, 0.1) is 0 Å². The van der Waals surface area contributed by atoms with Crippen molar-refractivity contribution in [3.8, 4) is 0 Å². The summed E-state index contributed by atoms with van der Waals surface area (Å²) in [6.07, 6.45) is 6.51. The Morgan fingerprint density at radius 3 is 2.60 bits per heavy atom. The Labute approximate surface area is 61.4 Å². The number of allylic oxidation sites excluding steroid dienone is 5. The van der Waals surface area contributed by atoms with E-state index < -0.39 is 0 Å². The highest BCUT2D eigenvalue weighted by Gasteiger charge is 2.04. The van der Waals surface area contributed by atoms with E-state index in [2.05, 4.69) is 0 Å². The Hall–Kier alpha value is -0.980. The summed E-state index contributed by atoms with van der Waals surface area (Å²) >= 11 is 0. The lowest BCUT2D eigenvalue weighted by Crippen LogP contribution is -1.93. The van der Waals surface area contributed by atoms with Crippen molar-refractivity contribution in [2.75, 3.05) is 0 Å². The zero-order valence-electron chi connectivity index (χ0n) is 6.39.